The van der Waals surface area contributed by atoms with Crippen LogP contribution in [-0.2, 0) is 30.7 Å². The van der Waals surface area contributed by atoms with Crippen LogP contribution in [0.15, 0.2) is 54.6 Å². The van der Waals surface area contributed by atoms with Gasteiger partial charge in [0.05, 0.1) is 11.8 Å². The Hall–Kier alpha value is -2.60. The van der Waals surface area contributed by atoms with Crippen LogP contribution < -0.4 is 14.2 Å². The van der Waals surface area contributed by atoms with Crippen LogP contribution in [0.25, 0.3) is 0 Å². The van der Waals surface area contributed by atoms with Crippen molar-refractivity contribution in [2.45, 2.75) is 115 Å². The van der Waals surface area contributed by atoms with E-state index in [1.807, 2.05) is 42.5 Å². The number of rotatable bonds is 20. The summed E-state index contributed by atoms with van der Waals surface area (Å²) >= 11 is -2.91. The van der Waals surface area contributed by atoms with Gasteiger partial charge in [-0.2, -0.15) is 0 Å². The zero-order valence-electron chi connectivity index (χ0n) is 28.0. The molecule has 2 heterocycles. The van der Waals surface area contributed by atoms with Gasteiger partial charge in [0.1, 0.15) is 0 Å². The van der Waals surface area contributed by atoms with Crippen LogP contribution in [0.3, 0.4) is 0 Å². The molecule has 4 rings (SSSR count). The predicted molar refractivity (Wildman–Crippen MR) is 187 cm³/mol. The van der Waals surface area contributed by atoms with E-state index in [2.05, 4.69) is 36.6 Å². The van der Waals surface area contributed by atoms with E-state index < -0.39 is 33.5 Å². The average molecular weight is 776 g/mol. The summed E-state index contributed by atoms with van der Waals surface area (Å²) in [5.74, 6) is -0.565. The van der Waals surface area contributed by atoms with Crippen LogP contribution in [0, 0.1) is 0 Å². The number of esters is 2. The Morgan fingerprint density at radius 3 is 2.30 bits per heavy atom. The first-order chi connectivity index (χ1) is 22.7. The van der Waals surface area contributed by atoms with Gasteiger partial charge in [-0.05, 0) is 0 Å². The molecule has 47 heavy (non-hydrogen) atoms. The molecule has 11 heteroatoms. The van der Waals surface area contributed by atoms with Crippen molar-refractivity contribution in [3.63, 3.8) is 0 Å². The Morgan fingerprint density at radius 1 is 0.851 bits per heavy atom. The quantitative estimate of drug-likeness (QED) is 0.0728. The summed E-state index contributed by atoms with van der Waals surface area (Å²) in [5, 5.41) is 4.81. The molecule has 2 aromatic carbocycles. The first-order valence-corrected chi connectivity index (χ1v) is 26.6. The van der Waals surface area contributed by atoms with Crippen molar-refractivity contribution in [1.29, 1.82) is 0 Å². The van der Waals surface area contributed by atoms with Crippen molar-refractivity contribution in [2.75, 3.05) is 12.4 Å². The van der Waals surface area contributed by atoms with Gasteiger partial charge in [0.2, 0.25) is 0 Å². The van der Waals surface area contributed by atoms with Crippen LogP contribution in [0.2, 0.25) is 13.3 Å². The van der Waals surface area contributed by atoms with E-state index in [1.54, 1.807) is 0 Å². The Kier molecular flexibility index (Phi) is 14.4. The summed E-state index contributed by atoms with van der Waals surface area (Å²) in [6, 6.07) is 16.9. The second-order valence-corrected chi connectivity index (χ2v) is 28.7. The molecule has 2 aromatic rings. The van der Waals surface area contributed by atoms with E-state index in [4.69, 9.17) is 9.47 Å². The van der Waals surface area contributed by atoms with Crippen molar-refractivity contribution in [2.24, 2.45) is 0 Å². The molecule has 0 unspecified atom stereocenters. The maximum absolute atomic E-state index is 13.0. The molecule has 2 N–H and O–H groups in total. The fourth-order valence-electron chi connectivity index (χ4n) is 7.06. The zero-order chi connectivity index (χ0) is 33.7. The molecule has 0 spiro atoms. The molecular weight excluding hydrogens is 723 g/mol. The van der Waals surface area contributed by atoms with E-state index in [1.165, 1.54) is 25.3 Å². The number of fused-ring (bicyclic) bond motifs is 1. The predicted octanol–water partition coefficient (Wildman–Crippen LogP) is 6.03. The van der Waals surface area contributed by atoms with Gasteiger partial charge in [-0.1, -0.05) is 0 Å². The number of carbonyl (C=O) groups is 3. The zero-order valence-corrected chi connectivity index (χ0v) is 31.7. The van der Waals surface area contributed by atoms with Crippen molar-refractivity contribution in [3.8, 4) is 0 Å². The minimum absolute atomic E-state index is 0.0294. The van der Waals surface area contributed by atoms with Gasteiger partial charge in [-0.3, -0.25) is 0 Å². The third-order valence-corrected chi connectivity index (χ3v) is 27.6. The number of benzene rings is 2. The summed E-state index contributed by atoms with van der Waals surface area (Å²) in [7, 11) is -3.27. The van der Waals surface area contributed by atoms with Crippen molar-refractivity contribution >= 4 is 49.8 Å². The van der Waals surface area contributed by atoms with Crippen LogP contribution in [0.1, 0.15) is 94.0 Å². The van der Waals surface area contributed by atoms with E-state index >= 15 is 0 Å². The van der Waals surface area contributed by atoms with Gasteiger partial charge in [0.15, 0.2) is 0 Å². The van der Waals surface area contributed by atoms with Gasteiger partial charge in [-0.25, -0.2) is 13.2 Å². The first-order valence-electron chi connectivity index (χ1n) is 17.4. The Morgan fingerprint density at radius 2 is 1.57 bits per heavy atom. The molecule has 2 fully saturated rings. The fourth-order valence-corrected chi connectivity index (χ4v) is 25.1. The summed E-state index contributed by atoms with van der Waals surface area (Å²) in [5.41, 5.74) is 1.59. The number of nitrogens with one attached hydrogen (secondary N) is 2. The van der Waals surface area contributed by atoms with Crippen LogP contribution >= 0.6 is 0 Å². The number of hydrogen-bond acceptors (Lipinski definition) is 7. The Balaban J connectivity index is 1.26. The summed E-state index contributed by atoms with van der Waals surface area (Å²) in [6.45, 7) is 5.11. The third-order valence-electron chi connectivity index (χ3n) is 9.69. The van der Waals surface area contributed by atoms with Crippen molar-refractivity contribution in [1.82, 2.24) is 10.6 Å². The van der Waals surface area contributed by atoms with Crippen LogP contribution in [0.5, 0.6) is 0 Å². The van der Waals surface area contributed by atoms with Crippen molar-refractivity contribution < 1.29 is 32.3 Å². The molecular formula is C36H52N2O7SSn. The molecule has 0 aromatic heterocycles. The number of ether oxygens (including phenoxy) is 2. The number of amides is 2. The molecule has 2 amide bonds. The fraction of sp³-hybridized carbons (Fsp3) is 0.583. The molecule has 9 nitrogen and oxygen atoms in total. The first kappa shape index (κ1) is 37.2. The second kappa shape index (κ2) is 18.2. The van der Waals surface area contributed by atoms with Gasteiger partial charge in [0, 0.05) is 0 Å². The van der Waals surface area contributed by atoms with Gasteiger partial charge in [0.25, 0.3) is 0 Å². The van der Waals surface area contributed by atoms with E-state index in [0.717, 1.165) is 35.7 Å². The summed E-state index contributed by atoms with van der Waals surface area (Å²) < 4.78 is 41.3. The molecule has 2 aliphatic rings. The van der Waals surface area contributed by atoms with E-state index in [9.17, 15) is 22.8 Å². The molecule has 2 aliphatic heterocycles. The van der Waals surface area contributed by atoms with Gasteiger partial charge < -0.3 is 10.6 Å². The molecule has 258 valence electrons. The Bertz CT molecular complexity index is 1430. The standard InChI is InChI=1S/C14H23N2O5S.C14H11O2.2C4H9.Sn/c1-2-3-8-21-12(17)7-5-4-6-11-13-10(9-22(11,19)20)15-14(18)16-13;15-14(13-9-5-2-6-10-13)16-11-12-7-3-1-4-8-12;2*1-3-4-2;/h10-11,13H,1-9H2,(H2,15,16,18);1-5,7-10H,11H2;2*1,3-4H2,2H3;/t10-,11-,13-;;;;/m0..../s1. The molecule has 0 saturated carbocycles. The summed E-state index contributed by atoms with van der Waals surface area (Å²) in [4.78, 5) is 37.1. The van der Waals surface area contributed by atoms with Crippen LogP contribution in [-0.4, -0.2) is 74.5 Å². The second-order valence-electron chi connectivity index (χ2n) is 13.2. The minimum atomic E-state index is -3.27. The molecule has 0 aliphatic carbocycles. The Labute approximate surface area is 284 Å². The van der Waals surface area contributed by atoms with Crippen LogP contribution in [0.4, 0.5) is 4.79 Å². The number of sulfone groups is 1. The van der Waals surface area contributed by atoms with E-state index in [0.29, 0.717) is 31.4 Å². The van der Waals surface area contributed by atoms with Gasteiger partial charge >= 0.3 is 250 Å². The maximum atomic E-state index is 13.0. The SMILES string of the molecule is CCC[CH2][Sn]([CH2]CCC)([CH2]CCCOC(=O)CCCC[C@H]1[C@H]2NC(=O)N[C@H]2CS1(=O)=O)[c]1cccc(C(=O)OCc2ccccc2)c1. The third kappa shape index (κ3) is 10.7. The average Bonchev–Trinajstić information content (AvgIpc) is 3.53. The summed E-state index contributed by atoms with van der Waals surface area (Å²) in [6.07, 6.45) is 8.27. The van der Waals surface area contributed by atoms with Gasteiger partial charge in [-0.15, -0.1) is 0 Å². The number of unbranched alkanes of at least 4 members (excludes halogenated alkanes) is 4. The molecule has 2 saturated heterocycles. The number of carbonyl (C=O) groups excluding carboxylic acids is 3. The molecule has 3 atom stereocenters. The molecule has 0 bridgehead atoms. The normalized spacial score (nSPS) is 19.9. The topological polar surface area (TPSA) is 128 Å². The van der Waals surface area contributed by atoms with Crippen molar-refractivity contribution in [3.05, 3.63) is 65.7 Å². The number of hydrogen-bond donors (Lipinski definition) is 2. The number of urea groups is 1. The molecule has 0 radical (unpaired) electrons. The van der Waals surface area contributed by atoms with E-state index in [-0.39, 0.29) is 48.8 Å². The monoisotopic (exact) mass is 776 g/mol.